The van der Waals surface area contributed by atoms with Crippen LogP contribution in [0, 0.1) is 0 Å². The first-order valence-corrected chi connectivity index (χ1v) is 6.21. The number of hydrogen-bond acceptors (Lipinski definition) is 4. The van der Waals surface area contributed by atoms with E-state index in [-0.39, 0.29) is 6.04 Å². The topological polar surface area (TPSA) is 101 Å². The predicted molar refractivity (Wildman–Crippen MR) is 68.3 cm³/mol. The average molecular weight is 255 g/mol. The smallest absolute Gasteiger partial charge is 0.324 e. The van der Waals surface area contributed by atoms with Crippen molar-refractivity contribution < 1.29 is 9.90 Å². The molecule has 18 heavy (non-hydrogen) atoms. The third kappa shape index (κ3) is 3.60. The lowest BCUT2D eigenvalue weighted by atomic mass is 9.83. The van der Waals surface area contributed by atoms with Crippen LogP contribution in [0.25, 0.3) is 10.4 Å². The monoisotopic (exact) mass is 255 g/mol. The van der Waals surface area contributed by atoms with Gasteiger partial charge in [0, 0.05) is 24.0 Å². The maximum absolute atomic E-state index is 11.5. The second-order valence-corrected chi connectivity index (χ2v) is 4.91. The number of carboxylic acids is 1. The van der Waals surface area contributed by atoms with Crippen LogP contribution in [0.4, 0.5) is 0 Å². The Morgan fingerprint density at radius 3 is 3.00 bits per heavy atom. The molecule has 7 nitrogen and oxygen atoms in total. The van der Waals surface area contributed by atoms with Gasteiger partial charge in [0.25, 0.3) is 0 Å². The fourth-order valence-electron chi connectivity index (χ4n) is 2.30. The van der Waals surface area contributed by atoms with E-state index in [0.29, 0.717) is 32.4 Å². The number of piperidine rings is 1. The van der Waals surface area contributed by atoms with Crippen LogP contribution in [0.15, 0.2) is 5.11 Å². The number of carboxylic acid groups (broad SMARTS) is 1. The van der Waals surface area contributed by atoms with Crippen molar-refractivity contribution in [2.45, 2.75) is 37.8 Å². The summed E-state index contributed by atoms with van der Waals surface area (Å²) in [6.07, 6.45) is 1.86. The second kappa shape index (κ2) is 6.58. The highest BCUT2D eigenvalue weighted by Gasteiger charge is 2.42. The molecule has 7 heteroatoms. The summed E-state index contributed by atoms with van der Waals surface area (Å²) in [4.78, 5) is 16.3. The third-order valence-corrected chi connectivity index (χ3v) is 3.66. The van der Waals surface area contributed by atoms with Crippen molar-refractivity contribution >= 4 is 5.97 Å². The van der Waals surface area contributed by atoms with Crippen LogP contribution in [0.3, 0.4) is 0 Å². The Kier molecular flexibility index (Phi) is 5.40. The zero-order chi connectivity index (χ0) is 13.6. The molecule has 102 valence electrons. The van der Waals surface area contributed by atoms with E-state index in [1.54, 1.807) is 0 Å². The molecule has 0 aromatic heterocycles. The van der Waals surface area contributed by atoms with E-state index >= 15 is 0 Å². The van der Waals surface area contributed by atoms with Gasteiger partial charge in [-0.2, -0.15) is 0 Å². The lowest BCUT2D eigenvalue weighted by molar-refractivity contribution is -0.147. The van der Waals surface area contributed by atoms with E-state index < -0.39 is 11.5 Å². The van der Waals surface area contributed by atoms with Gasteiger partial charge in [-0.3, -0.25) is 4.79 Å². The second-order valence-electron chi connectivity index (χ2n) is 4.91. The molecule has 1 aliphatic heterocycles. The van der Waals surface area contributed by atoms with E-state index in [4.69, 9.17) is 5.53 Å². The van der Waals surface area contributed by atoms with Gasteiger partial charge in [0.15, 0.2) is 0 Å². The molecule has 2 unspecified atom stereocenters. The summed E-state index contributed by atoms with van der Waals surface area (Å²) in [5, 5.41) is 16.0. The Bertz CT molecular complexity index is 342. The summed E-state index contributed by atoms with van der Waals surface area (Å²) in [6, 6.07) is 0.250. The molecule has 0 aromatic carbocycles. The number of rotatable bonds is 6. The van der Waals surface area contributed by atoms with Crippen LogP contribution in [0.1, 0.15) is 26.2 Å². The Morgan fingerprint density at radius 1 is 1.72 bits per heavy atom. The Balaban J connectivity index is 2.53. The molecule has 0 spiro atoms. The standard InChI is InChI=1S/C11H21N5O2/c1-9-8-11(10(17)18,4-7-16(9)2)13-5-3-6-14-15-12/h9,13H,3-8H2,1-2H3,(H,17,18). The van der Waals surface area contributed by atoms with Crippen molar-refractivity contribution in [1.82, 2.24) is 10.2 Å². The van der Waals surface area contributed by atoms with Gasteiger partial charge >= 0.3 is 5.97 Å². The van der Waals surface area contributed by atoms with Crippen molar-refractivity contribution in [3.8, 4) is 0 Å². The molecule has 1 saturated heterocycles. The van der Waals surface area contributed by atoms with Crippen molar-refractivity contribution in [1.29, 1.82) is 0 Å². The number of azide groups is 1. The van der Waals surface area contributed by atoms with Gasteiger partial charge < -0.3 is 15.3 Å². The normalized spacial score (nSPS) is 28.7. The lowest BCUT2D eigenvalue weighted by Gasteiger charge is -2.42. The highest BCUT2D eigenvalue weighted by molar-refractivity contribution is 5.79. The fourth-order valence-corrected chi connectivity index (χ4v) is 2.30. The van der Waals surface area contributed by atoms with Crippen molar-refractivity contribution in [2.24, 2.45) is 5.11 Å². The van der Waals surface area contributed by atoms with E-state index in [9.17, 15) is 9.90 Å². The first kappa shape index (κ1) is 14.8. The van der Waals surface area contributed by atoms with Crippen LogP contribution in [-0.4, -0.2) is 54.2 Å². The van der Waals surface area contributed by atoms with Gasteiger partial charge in [-0.25, -0.2) is 0 Å². The van der Waals surface area contributed by atoms with E-state index in [2.05, 4.69) is 20.2 Å². The predicted octanol–water partition coefficient (Wildman–Crippen LogP) is 1.21. The first-order valence-electron chi connectivity index (χ1n) is 6.21. The van der Waals surface area contributed by atoms with Crippen LogP contribution in [0.5, 0.6) is 0 Å². The van der Waals surface area contributed by atoms with Crippen LogP contribution >= 0.6 is 0 Å². The van der Waals surface area contributed by atoms with Crippen molar-refractivity contribution in [3.05, 3.63) is 10.4 Å². The molecule has 0 amide bonds. The maximum atomic E-state index is 11.5. The minimum atomic E-state index is -0.831. The van der Waals surface area contributed by atoms with Gasteiger partial charge in [0.2, 0.25) is 0 Å². The summed E-state index contributed by atoms with van der Waals surface area (Å²) < 4.78 is 0. The summed E-state index contributed by atoms with van der Waals surface area (Å²) in [5.74, 6) is -0.786. The summed E-state index contributed by atoms with van der Waals surface area (Å²) in [5.41, 5.74) is 7.32. The molecule has 0 bridgehead atoms. The van der Waals surface area contributed by atoms with E-state index in [1.165, 1.54) is 0 Å². The molecular weight excluding hydrogens is 234 g/mol. The molecule has 2 atom stereocenters. The zero-order valence-corrected chi connectivity index (χ0v) is 11.0. The number of likely N-dealkylation sites (tertiary alicyclic amines) is 1. The molecule has 0 aliphatic carbocycles. The average Bonchev–Trinajstić information content (AvgIpc) is 2.33. The molecule has 0 radical (unpaired) electrons. The largest absolute Gasteiger partial charge is 0.480 e. The van der Waals surface area contributed by atoms with Crippen LogP contribution in [0.2, 0.25) is 0 Å². The van der Waals surface area contributed by atoms with E-state index in [1.807, 2.05) is 14.0 Å². The quantitative estimate of drug-likeness (QED) is 0.322. The molecule has 0 saturated carbocycles. The zero-order valence-electron chi connectivity index (χ0n) is 11.0. The summed E-state index contributed by atoms with van der Waals surface area (Å²) in [7, 11) is 2.01. The number of nitrogens with zero attached hydrogens (tertiary/aromatic N) is 4. The number of nitrogens with one attached hydrogen (secondary N) is 1. The highest BCUT2D eigenvalue weighted by atomic mass is 16.4. The van der Waals surface area contributed by atoms with E-state index in [0.717, 1.165) is 6.54 Å². The first-order chi connectivity index (χ1) is 8.52. The third-order valence-electron chi connectivity index (χ3n) is 3.66. The van der Waals surface area contributed by atoms with Crippen molar-refractivity contribution in [3.63, 3.8) is 0 Å². The van der Waals surface area contributed by atoms with Crippen molar-refractivity contribution in [2.75, 3.05) is 26.7 Å². The van der Waals surface area contributed by atoms with Gasteiger partial charge in [-0.1, -0.05) is 5.11 Å². The molecule has 1 heterocycles. The van der Waals surface area contributed by atoms with Crippen LogP contribution in [-0.2, 0) is 4.79 Å². The molecule has 1 aliphatic rings. The van der Waals surface area contributed by atoms with Gasteiger partial charge in [-0.15, -0.1) is 0 Å². The van der Waals surface area contributed by atoms with Gasteiger partial charge in [0.1, 0.15) is 5.54 Å². The number of aliphatic carboxylic acids is 1. The lowest BCUT2D eigenvalue weighted by Crippen LogP contribution is -2.60. The SMILES string of the molecule is CC1CC(NCCCN=[N+]=[N-])(C(=O)O)CCN1C. The number of carbonyl (C=O) groups is 1. The van der Waals surface area contributed by atoms with Gasteiger partial charge in [-0.05, 0) is 45.3 Å². The summed E-state index contributed by atoms with van der Waals surface area (Å²) >= 11 is 0. The Morgan fingerprint density at radius 2 is 2.44 bits per heavy atom. The molecule has 0 aromatic rings. The molecular formula is C11H21N5O2. The maximum Gasteiger partial charge on any atom is 0.324 e. The molecule has 2 N–H and O–H groups in total. The molecule has 1 fully saturated rings. The minimum absolute atomic E-state index is 0.250. The molecule has 1 rings (SSSR count). The number of hydrogen-bond donors (Lipinski definition) is 2. The Hall–Kier alpha value is -1.30. The van der Waals surface area contributed by atoms with Gasteiger partial charge in [0.05, 0.1) is 0 Å². The summed E-state index contributed by atoms with van der Waals surface area (Å²) in [6.45, 7) is 3.77. The fraction of sp³-hybridized carbons (Fsp3) is 0.909. The Labute approximate surface area is 107 Å². The van der Waals surface area contributed by atoms with Crippen LogP contribution < -0.4 is 5.32 Å². The highest BCUT2D eigenvalue weighted by Crippen LogP contribution is 2.26. The minimum Gasteiger partial charge on any atom is -0.480 e.